The van der Waals surface area contributed by atoms with Crippen LogP contribution < -0.4 is 5.56 Å². The zero-order chi connectivity index (χ0) is 15.8. The third-order valence-corrected chi connectivity index (χ3v) is 3.30. The molecule has 0 amide bonds. The lowest BCUT2D eigenvalue weighted by Gasteiger charge is -2.15. The fourth-order valence-corrected chi connectivity index (χ4v) is 2.42. The summed E-state index contributed by atoms with van der Waals surface area (Å²) in [4.78, 5) is 14.3. The molecule has 0 radical (unpaired) electrons. The summed E-state index contributed by atoms with van der Waals surface area (Å²) in [6, 6.07) is 2.74. The van der Waals surface area contributed by atoms with Crippen LogP contribution in [0.3, 0.4) is 0 Å². The van der Waals surface area contributed by atoms with Crippen LogP contribution in [-0.4, -0.2) is 21.8 Å². The largest absolute Gasteiger partial charge is 0.416 e. The van der Waals surface area contributed by atoms with Crippen LogP contribution >= 0.6 is 11.6 Å². The number of H-pyrrole nitrogens is 1. The van der Waals surface area contributed by atoms with E-state index in [1.807, 2.05) is 0 Å². The number of aromatic nitrogens is 1. The Hall–Kier alpha value is -1.57. The highest BCUT2D eigenvalue weighted by atomic mass is 35.5. The minimum absolute atomic E-state index is 0.00428. The molecule has 3 N–H and O–H groups in total. The molecule has 0 spiro atoms. The molecule has 2 aromatic rings. The molecule has 0 bridgehead atoms. The quantitative estimate of drug-likeness (QED) is 0.760. The number of aliphatic hydroxyl groups excluding tert-OH is 2. The summed E-state index contributed by atoms with van der Waals surface area (Å²) in [7, 11) is 0. The van der Waals surface area contributed by atoms with E-state index in [4.69, 9.17) is 16.7 Å². The minimum Gasteiger partial charge on any atom is -0.396 e. The van der Waals surface area contributed by atoms with Crippen molar-refractivity contribution in [2.75, 3.05) is 6.61 Å². The highest BCUT2D eigenvalue weighted by molar-refractivity contribution is 6.20. The Morgan fingerprint density at radius 3 is 2.52 bits per heavy atom. The Morgan fingerprint density at radius 2 is 2.00 bits per heavy atom. The Kier molecular flexibility index (Phi) is 4.27. The molecule has 8 heteroatoms. The molecule has 21 heavy (non-hydrogen) atoms. The fourth-order valence-electron chi connectivity index (χ4n) is 2.17. The Labute approximate surface area is 121 Å². The molecule has 4 nitrogen and oxygen atoms in total. The van der Waals surface area contributed by atoms with Gasteiger partial charge in [0.25, 0.3) is 5.56 Å². The summed E-state index contributed by atoms with van der Waals surface area (Å²) in [6.45, 7) is -0.399. The van der Waals surface area contributed by atoms with Crippen LogP contribution in [0.15, 0.2) is 23.0 Å². The van der Waals surface area contributed by atoms with E-state index in [1.165, 1.54) is 0 Å². The van der Waals surface area contributed by atoms with E-state index in [0.29, 0.717) is 0 Å². The van der Waals surface area contributed by atoms with Crippen LogP contribution in [0.25, 0.3) is 10.9 Å². The number of pyridine rings is 1. The van der Waals surface area contributed by atoms with Crippen molar-refractivity contribution in [3.05, 3.63) is 45.2 Å². The Balaban J connectivity index is 2.84. The summed E-state index contributed by atoms with van der Waals surface area (Å²) >= 11 is 5.60. The van der Waals surface area contributed by atoms with Crippen molar-refractivity contribution >= 4 is 22.5 Å². The maximum Gasteiger partial charge on any atom is 0.416 e. The smallest absolute Gasteiger partial charge is 0.396 e. The molecule has 0 aliphatic carbocycles. The van der Waals surface area contributed by atoms with Gasteiger partial charge in [0.2, 0.25) is 0 Å². The summed E-state index contributed by atoms with van der Waals surface area (Å²) in [5, 5.41) is 18.5. The summed E-state index contributed by atoms with van der Waals surface area (Å²) in [5.74, 6) is 0. The van der Waals surface area contributed by atoms with E-state index in [2.05, 4.69) is 4.98 Å². The van der Waals surface area contributed by atoms with Crippen LogP contribution in [0.4, 0.5) is 13.2 Å². The monoisotopic (exact) mass is 321 g/mol. The normalized spacial score (nSPS) is 13.6. The van der Waals surface area contributed by atoms with Gasteiger partial charge in [-0.15, -0.1) is 0 Å². The molecule has 0 aliphatic heterocycles. The lowest BCUT2D eigenvalue weighted by molar-refractivity contribution is -0.137. The highest BCUT2D eigenvalue weighted by Crippen LogP contribution is 2.34. The van der Waals surface area contributed by atoms with Gasteiger partial charge in [-0.05, 0) is 18.2 Å². The SMILES string of the molecule is O=c1[nH]c2ccc(C(F)(F)F)cc2c(C(O)Cl)c1CCO. The lowest BCUT2D eigenvalue weighted by Crippen LogP contribution is -2.19. The van der Waals surface area contributed by atoms with Gasteiger partial charge in [0.1, 0.15) is 0 Å². The molecule has 1 unspecified atom stereocenters. The Morgan fingerprint density at radius 1 is 1.33 bits per heavy atom. The first kappa shape index (κ1) is 15.8. The first-order valence-corrected chi connectivity index (χ1v) is 6.38. The third-order valence-electron chi connectivity index (χ3n) is 3.08. The molecular formula is C13H11ClF3NO3. The van der Waals surface area contributed by atoms with Gasteiger partial charge in [-0.3, -0.25) is 4.79 Å². The number of halogens is 4. The van der Waals surface area contributed by atoms with Gasteiger partial charge < -0.3 is 15.2 Å². The maximum atomic E-state index is 12.8. The molecule has 114 valence electrons. The second kappa shape index (κ2) is 5.67. The van der Waals surface area contributed by atoms with Crippen molar-refractivity contribution in [3.63, 3.8) is 0 Å². The number of nitrogens with one attached hydrogen (secondary N) is 1. The molecule has 0 saturated heterocycles. The summed E-state index contributed by atoms with van der Waals surface area (Å²) < 4.78 is 38.3. The highest BCUT2D eigenvalue weighted by Gasteiger charge is 2.31. The van der Waals surface area contributed by atoms with Gasteiger partial charge in [-0.2, -0.15) is 13.2 Å². The van der Waals surface area contributed by atoms with Gasteiger partial charge in [0.15, 0.2) is 5.56 Å². The van der Waals surface area contributed by atoms with Crippen LogP contribution in [0, 0.1) is 0 Å². The minimum atomic E-state index is -4.56. The zero-order valence-electron chi connectivity index (χ0n) is 10.5. The van der Waals surface area contributed by atoms with Gasteiger partial charge in [-0.1, -0.05) is 11.6 Å². The molecular weight excluding hydrogens is 311 g/mol. The number of benzene rings is 1. The number of fused-ring (bicyclic) bond motifs is 1. The molecule has 0 aliphatic rings. The van der Waals surface area contributed by atoms with Crippen molar-refractivity contribution in [3.8, 4) is 0 Å². The zero-order valence-corrected chi connectivity index (χ0v) is 11.3. The lowest BCUT2D eigenvalue weighted by atomic mass is 10.00. The molecule has 1 aromatic carbocycles. The van der Waals surface area contributed by atoms with Crippen molar-refractivity contribution in [2.24, 2.45) is 0 Å². The number of hydrogen-bond acceptors (Lipinski definition) is 3. The number of aliphatic hydroxyl groups is 2. The first-order valence-electron chi connectivity index (χ1n) is 5.94. The van der Waals surface area contributed by atoms with Crippen LogP contribution in [0.2, 0.25) is 0 Å². The van der Waals surface area contributed by atoms with Crippen molar-refractivity contribution in [2.45, 2.75) is 18.2 Å². The average Bonchev–Trinajstić information content (AvgIpc) is 2.37. The number of hydrogen-bond donors (Lipinski definition) is 3. The van der Waals surface area contributed by atoms with E-state index in [1.54, 1.807) is 0 Å². The predicted octanol–water partition coefficient (Wildman–Crippen LogP) is 2.31. The van der Waals surface area contributed by atoms with E-state index >= 15 is 0 Å². The fraction of sp³-hybridized carbons (Fsp3) is 0.308. The maximum absolute atomic E-state index is 12.8. The second-order valence-electron chi connectivity index (χ2n) is 4.41. The molecule has 1 aromatic heterocycles. The third kappa shape index (κ3) is 3.04. The van der Waals surface area contributed by atoms with Crippen molar-refractivity contribution in [1.82, 2.24) is 4.98 Å². The molecule has 1 atom stereocenters. The van der Waals surface area contributed by atoms with Gasteiger partial charge >= 0.3 is 6.18 Å². The van der Waals surface area contributed by atoms with Gasteiger partial charge in [-0.25, -0.2) is 0 Å². The molecule has 1 heterocycles. The number of aromatic amines is 1. The van der Waals surface area contributed by atoms with Crippen LogP contribution in [0.1, 0.15) is 22.3 Å². The van der Waals surface area contributed by atoms with E-state index in [-0.39, 0.29) is 28.5 Å². The van der Waals surface area contributed by atoms with Crippen LogP contribution in [-0.2, 0) is 12.6 Å². The van der Waals surface area contributed by atoms with Crippen LogP contribution in [0.5, 0.6) is 0 Å². The topological polar surface area (TPSA) is 73.3 Å². The summed E-state index contributed by atoms with van der Waals surface area (Å²) in [5.41, 5.74) is -3.20. The van der Waals surface area contributed by atoms with Gasteiger partial charge in [0.05, 0.1) is 5.56 Å². The van der Waals surface area contributed by atoms with Gasteiger partial charge in [0, 0.05) is 35.1 Å². The second-order valence-corrected chi connectivity index (χ2v) is 4.83. The Bertz CT molecular complexity index is 725. The first-order chi connectivity index (χ1) is 9.75. The van der Waals surface area contributed by atoms with E-state index in [0.717, 1.165) is 18.2 Å². The molecule has 0 fully saturated rings. The average molecular weight is 322 g/mol. The van der Waals surface area contributed by atoms with E-state index in [9.17, 15) is 23.1 Å². The van der Waals surface area contributed by atoms with Crippen molar-refractivity contribution < 1.29 is 23.4 Å². The molecule has 2 rings (SSSR count). The van der Waals surface area contributed by atoms with E-state index < -0.39 is 29.5 Å². The molecule has 0 saturated carbocycles. The number of rotatable bonds is 3. The standard InChI is InChI=1S/C13H11ClF3NO3/c14-11(20)10-7(3-4-19)12(21)18-9-2-1-6(5-8(9)10)13(15,16)17/h1-2,5,11,19-20H,3-4H2,(H,18,21). The van der Waals surface area contributed by atoms with Crippen molar-refractivity contribution in [1.29, 1.82) is 0 Å². The predicted molar refractivity (Wildman–Crippen MR) is 71.2 cm³/mol. The summed E-state index contributed by atoms with van der Waals surface area (Å²) in [6.07, 6.45) is -4.68. The number of alkyl halides is 4.